The Morgan fingerprint density at radius 3 is 2.31 bits per heavy atom. The van der Waals surface area contributed by atoms with Gasteiger partial charge in [-0.1, -0.05) is 0 Å². The number of hydrogen-bond acceptors (Lipinski definition) is 4. The standard InChI is InChI=1S/C20H28N2O4/c23-19(22-17-5-1-16(2-6-17)20(24)25)15-3-7-18(8-4-15)26-13-14-9-11-21-12-10-14/h3-4,7-8,14,16-17,21H,1-2,5-6,9-13H2,(H,22,23)(H,24,25). The number of benzene rings is 1. The molecule has 3 rings (SSSR count). The van der Waals surface area contributed by atoms with E-state index in [1.807, 2.05) is 12.1 Å². The Morgan fingerprint density at radius 2 is 1.69 bits per heavy atom. The van der Waals surface area contributed by atoms with Crippen molar-refractivity contribution in [2.24, 2.45) is 11.8 Å². The van der Waals surface area contributed by atoms with Crippen LogP contribution in [-0.2, 0) is 4.79 Å². The molecular weight excluding hydrogens is 332 g/mol. The summed E-state index contributed by atoms with van der Waals surface area (Å²) in [6.07, 6.45) is 4.99. The summed E-state index contributed by atoms with van der Waals surface area (Å²) >= 11 is 0. The molecule has 0 bridgehead atoms. The molecule has 2 aliphatic rings. The van der Waals surface area contributed by atoms with E-state index >= 15 is 0 Å². The number of piperidine rings is 1. The van der Waals surface area contributed by atoms with Crippen molar-refractivity contribution in [3.05, 3.63) is 29.8 Å². The molecule has 2 fully saturated rings. The summed E-state index contributed by atoms with van der Waals surface area (Å²) in [5, 5.41) is 15.4. The third-order valence-electron chi connectivity index (χ3n) is 5.47. The molecule has 1 aliphatic heterocycles. The number of ether oxygens (including phenoxy) is 1. The van der Waals surface area contributed by atoms with Crippen LogP contribution in [0.4, 0.5) is 0 Å². The van der Waals surface area contributed by atoms with Crippen LogP contribution in [0.5, 0.6) is 5.75 Å². The predicted octanol–water partition coefficient (Wildman–Crippen LogP) is 2.44. The number of nitrogens with one attached hydrogen (secondary N) is 2. The lowest BCUT2D eigenvalue weighted by Gasteiger charge is -2.26. The Hall–Kier alpha value is -2.08. The molecule has 0 aromatic heterocycles. The number of amides is 1. The average molecular weight is 360 g/mol. The van der Waals surface area contributed by atoms with Crippen LogP contribution in [-0.4, -0.2) is 42.7 Å². The highest BCUT2D eigenvalue weighted by atomic mass is 16.5. The lowest BCUT2D eigenvalue weighted by atomic mass is 9.86. The Labute approximate surface area is 154 Å². The number of aliphatic carboxylic acids is 1. The van der Waals surface area contributed by atoms with Crippen LogP contribution in [0.3, 0.4) is 0 Å². The van der Waals surface area contributed by atoms with Gasteiger partial charge in [0.15, 0.2) is 0 Å². The minimum atomic E-state index is -0.727. The van der Waals surface area contributed by atoms with Crippen LogP contribution in [0.2, 0.25) is 0 Å². The predicted molar refractivity (Wildman–Crippen MR) is 98.4 cm³/mol. The highest BCUT2D eigenvalue weighted by Gasteiger charge is 2.26. The third-order valence-corrected chi connectivity index (χ3v) is 5.47. The van der Waals surface area contributed by atoms with Crippen molar-refractivity contribution in [3.8, 4) is 5.75 Å². The molecule has 0 atom stereocenters. The molecule has 0 unspecified atom stereocenters. The van der Waals surface area contributed by atoms with Crippen LogP contribution in [0.15, 0.2) is 24.3 Å². The summed E-state index contributed by atoms with van der Waals surface area (Å²) in [5.41, 5.74) is 0.611. The highest BCUT2D eigenvalue weighted by Crippen LogP contribution is 2.25. The molecule has 3 N–H and O–H groups in total. The lowest BCUT2D eigenvalue weighted by Crippen LogP contribution is -2.38. The number of carboxylic acid groups (broad SMARTS) is 1. The third kappa shape index (κ3) is 5.21. The fraction of sp³-hybridized carbons (Fsp3) is 0.600. The number of carboxylic acids is 1. The quantitative estimate of drug-likeness (QED) is 0.725. The van der Waals surface area contributed by atoms with Crippen molar-refractivity contribution in [1.82, 2.24) is 10.6 Å². The Kier molecular flexibility index (Phi) is 6.50. The summed E-state index contributed by atoms with van der Waals surface area (Å²) < 4.78 is 5.85. The molecule has 1 heterocycles. The zero-order valence-corrected chi connectivity index (χ0v) is 15.1. The molecule has 142 valence electrons. The van der Waals surface area contributed by atoms with Crippen molar-refractivity contribution in [2.75, 3.05) is 19.7 Å². The fourth-order valence-corrected chi connectivity index (χ4v) is 3.72. The van der Waals surface area contributed by atoms with E-state index in [9.17, 15) is 9.59 Å². The van der Waals surface area contributed by atoms with Crippen LogP contribution < -0.4 is 15.4 Å². The van der Waals surface area contributed by atoms with Gasteiger partial charge >= 0.3 is 5.97 Å². The van der Waals surface area contributed by atoms with Gasteiger partial charge in [-0.2, -0.15) is 0 Å². The highest BCUT2D eigenvalue weighted by molar-refractivity contribution is 5.94. The van der Waals surface area contributed by atoms with Crippen molar-refractivity contribution in [2.45, 2.75) is 44.6 Å². The fourth-order valence-electron chi connectivity index (χ4n) is 3.72. The maximum Gasteiger partial charge on any atom is 0.306 e. The molecule has 1 saturated heterocycles. The van der Waals surface area contributed by atoms with E-state index in [1.165, 1.54) is 0 Å². The number of carbonyl (C=O) groups is 2. The first-order chi connectivity index (χ1) is 12.6. The van der Waals surface area contributed by atoms with Gasteiger partial charge in [0.25, 0.3) is 5.91 Å². The molecule has 26 heavy (non-hydrogen) atoms. The molecule has 6 heteroatoms. The van der Waals surface area contributed by atoms with E-state index in [2.05, 4.69) is 10.6 Å². The van der Waals surface area contributed by atoms with Gasteiger partial charge in [-0.05, 0) is 81.8 Å². The molecule has 1 saturated carbocycles. The first-order valence-corrected chi connectivity index (χ1v) is 9.59. The van der Waals surface area contributed by atoms with Crippen molar-refractivity contribution >= 4 is 11.9 Å². The second kappa shape index (κ2) is 9.03. The molecule has 0 radical (unpaired) electrons. The average Bonchev–Trinajstić information content (AvgIpc) is 2.68. The SMILES string of the molecule is O=C(NC1CCC(C(=O)O)CC1)c1ccc(OCC2CCNCC2)cc1. The Bertz CT molecular complexity index is 603. The monoisotopic (exact) mass is 360 g/mol. The van der Waals surface area contributed by atoms with Gasteiger partial charge in [-0.15, -0.1) is 0 Å². The van der Waals surface area contributed by atoms with E-state index in [4.69, 9.17) is 9.84 Å². The van der Waals surface area contributed by atoms with Gasteiger partial charge < -0.3 is 20.5 Å². The van der Waals surface area contributed by atoms with Crippen molar-refractivity contribution in [3.63, 3.8) is 0 Å². The zero-order valence-electron chi connectivity index (χ0n) is 15.1. The summed E-state index contributed by atoms with van der Waals surface area (Å²) in [6, 6.07) is 7.33. The Balaban J connectivity index is 1.44. The minimum Gasteiger partial charge on any atom is -0.493 e. The van der Waals surface area contributed by atoms with Gasteiger partial charge in [0.1, 0.15) is 5.75 Å². The zero-order chi connectivity index (χ0) is 18.4. The van der Waals surface area contributed by atoms with E-state index < -0.39 is 5.97 Å². The summed E-state index contributed by atoms with van der Waals surface area (Å²) in [6.45, 7) is 2.84. The first kappa shape index (κ1) is 18.7. The largest absolute Gasteiger partial charge is 0.493 e. The number of carbonyl (C=O) groups excluding carboxylic acids is 1. The number of hydrogen-bond donors (Lipinski definition) is 3. The minimum absolute atomic E-state index is 0.0638. The van der Waals surface area contributed by atoms with Crippen molar-refractivity contribution in [1.29, 1.82) is 0 Å². The first-order valence-electron chi connectivity index (χ1n) is 9.59. The van der Waals surface area contributed by atoms with Gasteiger partial charge in [-0.25, -0.2) is 0 Å². The molecular formula is C20H28N2O4. The molecule has 6 nitrogen and oxygen atoms in total. The van der Waals surface area contributed by atoms with Crippen molar-refractivity contribution < 1.29 is 19.4 Å². The summed E-state index contributed by atoms with van der Waals surface area (Å²) in [5.74, 6) is 0.297. The van der Waals surface area contributed by atoms with E-state index in [1.54, 1.807) is 12.1 Å². The maximum atomic E-state index is 12.4. The van der Waals surface area contributed by atoms with Crippen LogP contribution >= 0.6 is 0 Å². The maximum absolute atomic E-state index is 12.4. The lowest BCUT2D eigenvalue weighted by molar-refractivity contribution is -0.142. The van der Waals surface area contributed by atoms with Crippen LogP contribution in [0.1, 0.15) is 48.9 Å². The van der Waals surface area contributed by atoms with Gasteiger partial charge in [0, 0.05) is 11.6 Å². The van der Waals surface area contributed by atoms with Crippen LogP contribution in [0.25, 0.3) is 0 Å². The summed E-state index contributed by atoms with van der Waals surface area (Å²) in [7, 11) is 0. The normalized spacial score (nSPS) is 24.0. The van der Waals surface area contributed by atoms with Gasteiger partial charge in [-0.3, -0.25) is 9.59 Å². The smallest absolute Gasteiger partial charge is 0.306 e. The molecule has 0 spiro atoms. The van der Waals surface area contributed by atoms with E-state index in [0.29, 0.717) is 24.3 Å². The van der Waals surface area contributed by atoms with Gasteiger partial charge in [0.2, 0.25) is 0 Å². The van der Waals surface area contributed by atoms with Crippen LogP contribution in [0, 0.1) is 11.8 Å². The second-order valence-electron chi connectivity index (χ2n) is 7.39. The molecule has 1 aromatic carbocycles. The topological polar surface area (TPSA) is 87.7 Å². The van der Waals surface area contributed by atoms with Gasteiger partial charge in [0.05, 0.1) is 12.5 Å². The molecule has 1 aliphatic carbocycles. The molecule has 1 amide bonds. The molecule has 1 aromatic rings. The second-order valence-corrected chi connectivity index (χ2v) is 7.39. The van der Waals surface area contributed by atoms with E-state index in [-0.39, 0.29) is 17.9 Å². The summed E-state index contributed by atoms with van der Waals surface area (Å²) in [4.78, 5) is 23.4. The van der Waals surface area contributed by atoms with E-state index in [0.717, 1.165) is 51.1 Å². The Morgan fingerprint density at radius 1 is 1.04 bits per heavy atom. The number of rotatable bonds is 6.